The van der Waals surface area contributed by atoms with Crippen LogP contribution in [0.1, 0.15) is 13.8 Å². The van der Waals surface area contributed by atoms with E-state index >= 15 is 0 Å². The first-order chi connectivity index (χ1) is 9.72. The lowest BCUT2D eigenvalue weighted by Crippen LogP contribution is -2.07. The lowest BCUT2D eigenvalue weighted by atomic mass is 10.1. The van der Waals surface area contributed by atoms with Gasteiger partial charge in [0, 0.05) is 12.7 Å². The van der Waals surface area contributed by atoms with Crippen LogP contribution in [0.2, 0.25) is 0 Å². The minimum atomic E-state index is 0.628. The third kappa shape index (κ3) is 2.83. The van der Waals surface area contributed by atoms with E-state index in [4.69, 9.17) is 0 Å². The van der Waals surface area contributed by atoms with Crippen LogP contribution in [0.3, 0.4) is 0 Å². The smallest absolute Gasteiger partial charge is 0.183 e. The Bertz CT molecular complexity index is 716. The molecular formula is C17H18N2S. The van der Waals surface area contributed by atoms with E-state index in [1.54, 1.807) is 11.3 Å². The molecule has 0 amide bonds. The topological polar surface area (TPSA) is 24.9 Å². The van der Waals surface area contributed by atoms with Crippen LogP contribution in [-0.4, -0.2) is 11.5 Å². The molecule has 0 aliphatic carbocycles. The Kier molecular flexibility index (Phi) is 3.70. The molecule has 3 aromatic rings. The van der Waals surface area contributed by atoms with E-state index in [0.717, 1.165) is 11.7 Å². The van der Waals surface area contributed by atoms with Crippen LogP contribution in [0, 0.1) is 5.92 Å². The Morgan fingerprint density at radius 2 is 1.90 bits per heavy atom. The second kappa shape index (κ2) is 5.63. The first-order valence-corrected chi connectivity index (χ1v) is 7.73. The molecule has 0 saturated heterocycles. The second-order valence-corrected chi connectivity index (χ2v) is 6.40. The van der Waals surface area contributed by atoms with Crippen molar-refractivity contribution in [2.24, 2.45) is 5.92 Å². The zero-order valence-electron chi connectivity index (χ0n) is 11.8. The van der Waals surface area contributed by atoms with Crippen LogP contribution in [-0.2, 0) is 0 Å². The highest BCUT2D eigenvalue weighted by Gasteiger charge is 2.05. The van der Waals surface area contributed by atoms with E-state index in [1.807, 2.05) is 6.20 Å². The van der Waals surface area contributed by atoms with E-state index in [0.29, 0.717) is 5.92 Å². The van der Waals surface area contributed by atoms with Gasteiger partial charge in [0.05, 0.1) is 4.88 Å². The summed E-state index contributed by atoms with van der Waals surface area (Å²) in [5.74, 6) is 0.628. The summed E-state index contributed by atoms with van der Waals surface area (Å²) in [6.45, 7) is 5.36. The average molecular weight is 282 g/mol. The Hall–Kier alpha value is -1.87. The summed E-state index contributed by atoms with van der Waals surface area (Å²) in [6, 6.07) is 15.0. The number of anilines is 1. The predicted molar refractivity (Wildman–Crippen MR) is 88.4 cm³/mol. The van der Waals surface area contributed by atoms with Crippen molar-refractivity contribution in [3.63, 3.8) is 0 Å². The highest BCUT2D eigenvalue weighted by atomic mass is 32.1. The van der Waals surface area contributed by atoms with Gasteiger partial charge in [0.25, 0.3) is 0 Å². The van der Waals surface area contributed by atoms with E-state index in [2.05, 4.69) is 66.6 Å². The van der Waals surface area contributed by atoms with Crippen LogP contribution < -0.4 is 5.32 Å². The quantitative estimate of drug-likeness (QED) is 0.726. The van der Waals surface area contributed by atoms with Crippen molar-refractivity contribution in [3.05, 3.63) is 48.7 Å². The molecule has 0 atom stereocenters. The summed E-state index contributed by atoms with van der Waals surface area (Å²) in [4.78, 5) is 5.66. The lowest BCUT2D eigenvalue weighted by molar-refractivity contribution is 0.688. The normalized spacial score (nSPS) is 11.2. The van der Waals surface area contributed by atoms with Crippen LogP contribution in [0.15, 0.2) is 48.7 Å². The first kappa shape index (κ1) is 13.1. The number of fused-ring (bicyclic) bond motifs is 1. The summed E-state index contributed by atoms with van der Waals surface area (Å²) in [7, 11) is 0. The van der Waals surface area contributed by atoms with Gasteiger partial charge in [-0.15, -0.1) is 0 Å². The van der Waals surface area contributed by atoms with Gasteiger partial charge in [-0.1, -0.05) is 61.6 Å². The monoisotopic (exact) mass is 282 g/mol. The highest BCUT2D eigenvalue weighted by molar-refractivity contribution is 7.18. The molecule has 3 rings (SSSR count). The van der Waals surface area contributed by atoms with Gasteiger partial charge in [-0.25, -0.2) is 4.98 Å². The molecule has 0 bridgehead atoms. The standard InChI is InChI=1S/C17H18N2S/c1-12(2)10-18-17-19-11-16(20-17)15-8-7-13-5-3-4-6-14(13)9-15/h3-9,11-12H,10H2,1-2H3,(H,18,19). The summed E-state index contributed by atoms with van der Waals surface area (Å²) in [5.41, 5.74) is 1.23. The SMILES string of the molecule is CC(C)CNc1ncc(-c2ccc3ccccc3c2)s1. The Morgan fingerprint density at radius 3 is 2.70 bits per heavy atom. The van der Waals surface area contributed by atoms with Crippen molar-refractivity contribution < 1.29 is 0 Å². The molecule has 3 heteroatoms. The average Bonchev–Trinajstić information content (AvgIpc) is 2.93. The fraction of sp³-hybridized carbons (Fsp3) is 0.235. The highest BCUT2D eigenvalue weighted by Crippen LogP contribution is 2.31. The van der Waals surface area contributed by atoms with E-state index in [9.17, 15) is 0 Å². The summed E-state index contributed by atoms with van der Waals surface area (Å²) in [5, 5.41) is 6.93. The summed E-state index contributed by atoms with van der Waals surface area (Å²) >= 11 is 1.71. The van der Waals surface area contributed by atoms with Gasteiger partial charge in [-0.3, -0.25) is 0 Å². The predicted octanol–water partition coefficient (Wildman–Crippen LogP) is 5.03. The molecule has 20 heavy (non-hydrogen) atoms. The number of thiazole rings is 1. The molecule has 1 N–H and O–H groups in total. The summed E-state index contributed by atoms with van der Waals surface area (Å²) < 4.78 is 0. The van der Waals surface area contributed by atoms with Crippen molar-refractivity contribution in [2.75, 3.05) is 11.9 Å². The van der Waals surface area contributed by atoms with Gasteiger partial charge in [0.2, 0.25) is 0 Å². The van der Waals surface area contributed by atoms with Gasteiger partial charge in [-0.05, 0) is 28.3 Å². The molecule has 0 unspecified atom stereocenters. The van der Waals surface area contributed by atoms with Crippen LogP contribution in [0.5, 0.6) is 0 Å². The molecule has 1 heterocycles. The van der Waals surface area contributed by atoms with Crippen molar-refractivity contribution in [3.8, 4) is 10.4 Å². The lowest BCUT2D eigenvalue weighted by Gasteiger charge is -2.04. The number of nitrogens with one attached hydrogen (secondary N) is 1. The van der Waals surface area contributed by atoms with Crippen molar-refractivity contribution in [2.45, 2.75) is 13.8 Å². The van der Waals surface area contributed by atoms with E-state index in [1.165, 1.54) is 21.2 Å². The zero-order valence-corrected chi connectivity index (χ0v) is 12.6. The maximum atomic E-state index is 4.45. The zero-order chi connectivity index (χ0) is 13.9. The van der Waals surface area contributed by atoms with Crippen LogP contribution in [0.4, 0.5) is 5.13 Å². The molecule has 0 fully saturated rings. The van der Waals surface area contributed by atoms with E-state index < -0.39 is 0 Å². The molecular weight excluding hydrogens is 264 g/mol. The third-order valence-electron chi connectivity index (χ3n) is 3.20. The van der Waals surface area contributed by atoms with Crippen molar-refractivity contribution in [1.29, 1.82) is 0 Å². The molecule has 0 aliphatic heterocycles. The number of aromatic nitrogens is 1. The maximum absolute atomic E-state index is 4.45. The molecule has 0 spiro atoms. The van der Waals surface area contributed by atoms with Crippen molar-refractivity contribution >= 4 is 27.2 Å². The largest absolute Gasteiger partial charge is 0.361 e. The molecule has 2 aromatic carbocycles. The fourth-order valence-corrected chi connectivity index (χ4v) is 2.94. The summed E-state index contributed by atoms with van der Waals surface area (Å²) in [6.07, 6.45) is 1.96. The van der Waals surface area contributed by atoms with Gasteiger partial charge < -0.3 is 5.32 Å². The third-order valence-corrected chi connectivity index (χ3v) is 4.21. The molecule has 0 radical (unpaired) electrons. The molecule has 0 saturated carbocycles. The number of hydrogen-bond donors (Lipinski definition) is 1. The number of hydrogen-bond acceptors (Lipinski definition) is 3. The van der Waals surface area contributed by atoms with Gasteiger partial charge >= 0.3 is 0 Å². The van der Waals surface area contributed by atoms with E-state index in [-0.39, 0.29) is 0 Å². The Balaban J connectivity index is 1.87. The molecule has 0 aliphatic rings. The van der Waals surface area contributed by atoms with Crippen LogP contribution in [0.25, 0.3) is 21.2 Å². The molecule has 1 aromatic heterocycles. The van der Waals surface area contributed by atoms with Gasteiger partial charge in [0.15, 0.2) is 5.13 Å². The second-order valence-electron chi connectivity index (χ2n) is 5.37. The Morgan fingerprint density at radius 1 is 1.10 bits per heavy atom. The van der Waals surface area contributed by atoms with Crippen LogP contribution >= 0.6 is 11.3 Å². The van der Waals surface area contributed by atoms with Gasteiger partial charge in [-0.2, -0.15) is 0 Å². The fourth-order valence-electron chi connectivity index (χ4n) is 2.12. The molecule has 102 valence electrons. The molecule has 2 nitrogen and oxygen atoms in total. The minimum absolute atomic E-state index is 0.628. The Labute approximate surface area is 123 Å². The first-order valence-electron chi connectivity index (χ1n) is 6.91. The maximum Gasteiger partial charge on any atom is 0.183 e. The number of rotatable bonds is 4. The van der Waals surface area contributed by atoms with Crippen molar-refractivity contribution in [1.82, 2.24) is 4.98 Å². The van der Waals surface area contributed by atoms with Gasteiger partial charge in [0.1, 0.15) is 0 Å². The number of benzene rings is 2. The minimum Gasteiger partial charge on any atom is -0.361 e. The number of nitrogens with zero attached hydrogens (tertiary/aromatic N) is 1.